The Hall–Kier alpha value is -2.82. The molecule has 0 saturated carbocycles. The number of alkyl halides is 3. The molecule has 0 aliphatic carbocycles. The first-order valence-corrected chi connectivity index (χ1v) is 7.49. The van der Waals surface area contributed by atoms with Crippen LogP contribution in [0.2, 0.25) is 5.02 Å². The van der Waals surface area contributed by atoms with Gasteiger partial charge in [-0.05, 0) is 13.0 Å². The third-order valence-corrected chi connectivity index (χ3v) is 3.78. The Morgan fingerprint density at radius 2 is 1.85 bits per heavy atom. The van der Waals surface area contributed by atoms with Gasteiger partial charge in [0.1, 0.15) is 23.4 Å². The lowest BCUT2D eigenvalue weighted by Crippen LogP contribution is -2.41. The Kier molecular flexibility index (Phi) is 5.36. The Morgan fingerprint density at radius 3 is 2.37 bits per heavy atom. The second kappa shape index (κ2) is 7.06. The first-order chi connectivity index (χ1) is 12.3. The SMILES string of the molecule is CC(Oc1cc(-n2c(=O)cc(C(F)(F)F)n(C)c2=O)c(F)cc1Cl)C(=O)[O-]. The molecule has 0 fully saturated rings. The van der Waals surface area contributed by atoms with Crippen molar-refractivity contribution in [1.82, 2.24) is 9.13 Å². The van der Waals surface area contributed by atoms with E-state index in [1.165, 1.54) is 0 Å². The molecule has 7 nitrogen and oxygen atoms in total. The number of carbonyl (C=O) groups excluding carboxylic acids is 1. The monoisotopic (exact) mass is 409 g/mol. The molecule has 0 N–H and O–H groups in total. The minimum atomic E-state index is -4.98. The Morgan fingerprint density at radius 1 is 1.26 bits per heavy atom. The summed E-state index contributed by atoms with van der Waals surface area (Å²) in [4.78, 5) is 35.0. The molecule has 1 aromatic heterocycles. The molecule has 27 heavy (non-hydrogen) atoms. The quantitative estimate of drug-likeness (QED) is 0.698. The molecule has 1 aromatic carbocycles. The normalized spacial score (nSPS) is 12.7. The van der Waals surface area contributed by atoms with E-state index in [1.54, 1.807) is 0 Å². The maximum atomic E-state index is 14.2. The summed E-state index contributed by atoms with van der Waals surface area (Å²) in [5.41, 5.74) is -5.22. The van der Waals surface area contributed by atoms with Gasteiger partial charge in [0, 0.05) is 19.2 Å². The topological polar surface area (TPSA) is 93.4 Å². The second-order valence-corrected chi connectivity index (χ2v) is 5.76. The van der Waals surface area contributed by atoms with Crippen molar-refractivity contribution in [3.8, 4) is 11.4 Å². The molecule has 0 amide bonds. The average molecular weight is 410 g/mol. The number of carbonyl (C=O) groups is 1. The summed E-state index contributed by atoms with van der Waals surface area (Å²) >= 11 is 5.74. The molecule has 1 atom stereocenters. The van der Waals surface area contributed by atoms with Gasteiger partial charge < -0.3 is 14.6 Å². The predicted octanol–water partition coefficient (Wildman–Crippen LogP) is 0.865. The Balaban J connectivity index is 2.73. The van der Waals surface area contributed by atoms with Gasteiger partial charge in [-0.1, -0.05) is 11.6 Å². The van der Waals surface area contributed by atoms with Crippen LogP contribution in [0, 0.1) is 5.82 Å². The van der Waals surface area contributed by atoms with Crippen molar-refractivity contribution < 1.29 is 32.2 Å². The van der Waals surface area contributed by atoms with Crippen molar-refractivity contribution in [2.24, 2.45) is 7.05 Å². The molecule has 1 unspecified atom stereocenters. The van der Waals surface area contributed by atoms with Crippen LogP contribution in [0.5, 0.6) is 5.75 Å². The van der Waals surface area contributed by atoms with Crippen molar-refractivity contribution in [2.75, 3.05) is 0 Å². The van der Waals surface area contributed by atoms with Gasteiger partial charge in [-0.25, -0.2) is 13.8 Å². The van der Waals surface area contributed by atoms with E-state index in [0.717, 1.165) is 20.0 Å². The highest BCUT2D eigenvalue weighted by atomic mass is 35.5. The second-order valence-electron chi connectivity index (χ2n) is 5.36. The molecule has 0 saturated heterocycles. The fourth-order valence-corrected chi connectivity index (χ4v) is 2.33. The lowest BCUT2D eigenvalue weighted by Gasteiger charge is -2.18. The standard InChI is InChI=1S/C15H11ClF4N2O5/c1-6(13(24)25)27-10-4-9(8(17)3-7(10)16)22-12(23)5-11(15(18,19)20)21(2)14(22)26/h3-6H,1-2H3,(H,24,25)/p-1. The predicted molar refractivity (Wildman–Crippen MR) is 82.3 cm³/mol. The van der Waals surface area contributed by atoms with Crippen molar-refractivity contribution in [3.63, 3.8) is 0 Å². The number of hydrogen-bond donors (Lipinski definition) is 0. The first kappa shape index (κ1) is 20.5. The zero-order valence-corrected chi connectivity index (χ0v) is 14.4. The van der Waals surface area contributed by atoms with E-state index in [9.17, 15) is 37.1 Å². The number of rotatable bonds is 4. The van der Waals surface area contributed by atoms with E-state index in [1.807, 2.05) is 0 Å². The summed E-state index contributed by atoms with van der Waals surface area (Å²) in [5.74, 6) is -3.26. The Labute approximate surface area is 153 Å². The number of hydrogen-bond acceptors (Lipinski definition) is 5. The fourth-order valence-electron chi connectivity index (χ4n) is 2.14. The van der Waals surface area contributed by atoms with E-state index >= 15 is 0 Å². The number of nitrogens with zero attached hydrogens (tertiary/aromatic N) is 2. The van der Waals surface area contributed by atoms with Gasteiger partial charge in [0.15, 0.2) is 0 Å². The van der Waals surface area contributed by atoms with E-state index in [-0.39, 0.29) is 20.2 Å². The minimum Gasteiger partial charge on any atom is -0.546 e. The zero-order chi connectivity index (χ0) is 20.7. The molecule has 0 spiro atoms. The molecule has 0 aliphatic rings. The van der Waals surface area contributed by atoms with Crippen LogP contribution in [0.1, 0.15) is 12.6 Å². The highest BCUT2D eigenvalue weighted by molar-refractivity contribution is 6.32. The summed E-state index contributed by atoms with van der Waals surface area (Å²) < 4.78 is 58.1. The first-order valence-electron chi connectivity index (χ1n) is 7.11. The highest BCUT2D eigenvalue weighted by Crippen LogP contribution is 2.30. The van der Waals surface area contributed by atoms with Gasteiger partial charge in [-0.3, -0.25) is 9.36 Å². The van der Waals surface area contributed by atoms with Crippen molar-refractivity contribution in [1.29, 1.82) is 0 Å². The molecule has 12 heteroatoms. The maximum absolute atomic E-state index is 14.2. The third-order valence-electron chi connectivity index (χ3n) is 3.49. The molecule has 2 aromatic rings. The van der Waals surface area contributed by atoms with Crippen LogP contribution in [-0.4, -0.2) is 21.2 Å². The van der Waals surface area contributed by atoms with Crippen LogP contribution in [0.25, 0.3) is 5.69 Å². The Bertz CT molecular complexity index is 1030. The van der Waals surface area contributed by atoms with E-state index < -0.39 is 52.4 Å². The number of aliphatic carboxylic acids is 1. The third kappa shape index (κ3) is 3.97. The van der Waals surface area contributed by atoms with Gasteiger partial charge in [0.2, 0.25) is 0 Å². The number of halogens is 5. The van der Waals surface area contributed by atoms with Gasteiger partial charge >= 0.3 is 11.9 Å². The minimum absolute atomic E-state index is 0.125. The number of ether oxygens (including phenoxy) is 1. The smallest absolute Gasteiger partial charge is 0.431 e. The maximum Gasteiger partial charge on any atom is 0.431 e. The fraction of sp³-hybridized carbons (Fsp3) is 0.267. The van der Waals surface area contributed by atoms with Crippen molar-refractivity contribution in [3.05, 3.63) is 55.6 Å². The van der Waals surface area contributed by atoms with Gasteiger partial charge in [0.05, 0.1) is 16.7 Å². The lowest BCUT2D eigenvalue weighted by atomic mass is 10.2. The largest absolute Gasteiger partial charge is 0.546 e. The van der Waals surface area contributed by atoms with Crippen LogP contribution < -0.4 is 21.1 Å². The summed E-state index contributed by atoms with van der Waals surface area (Å²) in [6, 6.07) is 1.48. The lowest BCUT2D eigenvalue weighted by molar-refractivity contribution is -0.312. The number of carboxylic acids is 1. The van der Waals surface area contributed by atoms with Gasteiger partial charge in [0.25, 0.3) is 5.56 Å². The summed E-state index contributed by atoms with van der Waals surface area (Å²) in [6.45, 7) is 1.08. The molecular formula is C15H10ClF4N2O5-. The van der Waals surface area contributed by atoms with Crippen LogP contribution in [-0.2, 0) is 18.0 Å². The highest BCUT2D eigenvalue weighted by Gasteiger charge is 2.35. The summed E-state index contributed by atoms with van der Waals surface area (Å²) in [6.07, 6.45) is -6.50. The molecule has 2 rings (SSSR count). The zero-order valence-electron chi connectivity index (χ0n) is 13.6. The molecule has 0 bridgehead atoms. The van der Waals surface area contributed by atoms with E-state index in [4.69, 9.17) is 16.3 Å². The molecule has 0 aliphatic heterocycles. The van der Waals surface area contributed by atoms with Crippen molar-refractivity contribution in [2.45, 2.75) is 19.2 Å². The average Bonchev–Trinajstić information content (AvgIpc) is 2.53. The van der Waals surface area contributed by atoms with E-state index in [0.29, 0.717) is 6.07 Å². The van der Waals surface area contributed by atoms with Gasteiger partial charge in [-0.2, -0.15) is 13.2 Å². The van der Waals surface area contributed by atoms with Gasteiger partial charge in [-0.15, -0.1) is 0 Å². The summed E-state index contributed by atoms with van der Waals surface area (Å²) in [7, 11) is 0.754. The summed E-state index contributed by atoms with van der Waals surface area (Å²) in [5, 5.41) is 10.4. The van der Waals surface area contributed by atoms with Crippen LogP contribution >= 0.6 is 11.6 Å². The van der Waals surface area contributed by atoms with Crippen LogP contribution in [0.3, 0.4) is 0 Å². The number of carboxylic acid groups (broad SMARTS) is 1. The van der Waals surface area contributed by atoms with Crippen LogP contribution in [0.15, 0.2) is 27.8 Å². The van der Waals surface area contributed by atoms with Crippen LogP contribution in [0.4, 0.5) is 17.6 Å². The van der Waals surface area contributed by atoms with Crippen molar-refractivity contribution >= 4 is 17.6 Å². The van der Waals surface area contributed by atoms with E-state index in [2.05, 4.69) is 0 Å². The molecule has 1 heterocycles. The molecule has 146 valence electrons. The molecule has 0 radical (unpaired) electrons. The number of aromatic nitrogens is 2. The molecular weight excluding hydrogens is 400 g/mol. The number of benzene rings is 1.